The predicted octanol–water partition coefficient (Wildman–Crippen LogP) is 15.3. The lowest BCUT2D eigenvalue weighted by molar-refractivity contribution is 1.29. The van der Waals surface area contributed by atoms with Crippen LogP contribution in [0.15, 0.2) is 224 Å². The molecular formula is C54H37N. The van der Waals surface area contributed by atoms with Crippen LogP contribution in [0, 0.1) is 0 Å². The summed E-state index contributed by atoms with van der Waals surface area (Å²) in [4.78, 5) is 2.41. The van der Waals surface area contributed by atoms with Gasteiger partial charge in [0, 0.05) is 17.1 Å². The standard InChI is InChI=1S/C54H37N/c1-3-13-41(14-4-1)52-33-32-50(37-53(52)42-15-5-2-6-16-42)55(49-31-30-44-28-27-43-17-9-10-21-51(43)54(44)36-49)48-20-11-19-46(35-48)39-22-24-40(25-23-39)47-29-26-38-12-7-8-18-45(38)34-47/h1-37H. The second-order valence-electron chi connectivity index (χ2n) is 14.2. The van der Waals surface area contributed by atoms with Gasteiger partial charge in [0.25, 0.3) is 0 Å². The Balaban J connectivity index is 1.12. The SMILES string of the molecule is c1ccc(-c2ccc(N(c3cccc(-c4ccc(-c5ccc6ccccc6c5)cc4)c3)c3ccc4ccc5ccccc5c4c3)cc2-c2ccccc2)cc1. The fourth-order valence-electron chi connectivity index (χ4n) is 8.02. The molecule has 0 spiro atoms. The van der Waals surface area contributed by atoms with E-state index in [1.54, 1.807) is 0 Å². The molecule has 0 amide bonds. The summed E-state index contributed by atoms with van der Waals surface area (Å²) in [6.45, 7) is 0. The van der Waals surface area contributed by atoms with Crippen molar-refractivity contribution in [2.75, 3.05) is 4.90 Å². The number of hydrogen-bond donors (Lipinski definition) is 0. The van der Waals surface area contributed by atoms with Gasteiger partial charge in [-0.05, 0) is 119 Å². The van der Waals surface area contributed by atoms with Crippen molar-refractivity contribution in [2.24, 2.45) is 0 Å². The molecule has 0 aromatic heterocycles. The van der Waals surface area contributed by atoms with Crippen molar-refractivity contribution in [3.05, 3.63) is 224 Å². The molecule has 0 aliphatic rings. The Kier molecular flexibility index (Phi) is 8.24. The van der Waals surface area contributed by atoms with Gasteiger partial charge in [-0.25, -0.2) is 0 Å². The maximum Gasteiger partial charge on any atom is 0.0468 e. The maximum atomic E-state index is 2.41. The van der Waals surface area contributed by atoms with Crippen LogP contribution in [0.4, 0.5) is 17.1 Å². The van der Waals surface area contributed by atoms with E-state index in [2.05, 4.69) is 229 Å². The lowest BCUT2D eigenvalue weighted by atomic mass is 9.93. The van der Waals surface area contributed by atoms with Gasteiger partial charge in [-0.1, -0.05) is 182 Å². The minimum Gasteiger partial charge on any atom is -0.310 e. The first kappa shape index (κ1) is 32.4. The summed E-state index contributed by atoms with van der Waals surface area (Å²) in [5.74, 6) is 0. The van der Waals surface area contributed by atoms with Gasteiger partial charge in [-0.3, -0.25) is 0 Å². The monoisotopic (exact) mass is 699 g/mol. The first-order valence-electron chi connectivity index (χ1n) is 18.9. The van der Waals surface area contributed by atoms with Gasteiger partial charge in [0.1, 0.15) is 0 Å². The third-order valence-corrected chi connectivity index (χ3v) is 10.8. The molecule has 0 N–H and O–H groups in total. The number of benzene rings is 10. The third-order valence-electron chi connectivity index (χ3n) is 10.8. The highest BCUT2D eigenvalue weighted by atomic mass is 15.1. The number of hydrogen-bond acceptors (Lipinski definition) is 1. The molecule has 0 saturated carbocycles. The van der Waals surface area contributed by atoms with Crippen LogP contribution >= 0.6 is 0 Å². The second-order valence-corrected chi connectivity index (χ2v) is 14.2. The molecule has 10 aromatic rings. The van der Waals surface area contributed by atoms with E-state index in [1.807, 2.05) is 0 Å². The summed E-state index contributed by atoms with van der Waals surface area (Å²) >= 11 is 0. The van der Waals surface area contributed by atoms with Crippen molar-refractivity contribution < 1.29 is 0 Å². The Labute approximate surface area is 322 Å². The lowest BCUT2D eigenvalue weighted by Crippen LogP contribution is -2.10. The summed E-state index contributed by atoms with van der Waals surface area (Å²) in [6.07, 6.45) is 0. The average molecular weight is 700 g/mol. The largest absolute Gasteiger partial charge is 0.310 e. The Hall–Kier alpha value is -7.22. The smallest absolute Gasteiger partial charge is 0.0468 e. The first-order chi connectivity index (χ1) is 27.2. The Bertz CT molecular complexity index is 2960. The van der Waals surface area contributed by atoms with Gasteiger partial charge in [0.05, 0.1) is 0 Å². The average Bonchev–Trinajstić information content (AvgIpc) is 3.27. The van der Waals surface area contributed by atoms with Gasteiger partial charge in [0.15, 0.2) is 0 Å². The van der Waals surface area contributed by atoms with Crippen LogP contribution < -0.4 is 4.90 Å². The van der Waals surface area contributed by atoms with Crippen LogP contribution in [0.25, 0.3) is 76.8 Å². The number of fused-ring (bicyclic) bond motifs is 4. The van der Waals surface area contributed by atoms with Crippen molar-refractivity contribution in [1.29, 1.82) is 0 Å². The maximum absolute atomic E-state index is 2.41. The summed E-state index contributed by atoms with van der Waals surface area (Å²) in [7, 11) is 0. The molecule has 0 heterocycles. The van der Waals surface area contributed by atoms with Crippen molar-refractivity contribution in [1.82, 2.24) is 0 Å². The van der Waals surface area contributed by atoms with E-state index in [1.165, 1.54) is 76.8 Å². The molecule has 1 heteroatoms. The van der Waals surface area contributed by atoms with Crippen LogP contribution in [0.5, 0.6) is 0 Å². The number of rotatable bonds is 7. The Morgan fingerprint density at radius 3 is 1.45 bits per heavy atom. The van der Waals surface area contributed by atoms with Crippen LogP contribution in [-0.2, 0) is 0 Å². The van der Waals surface area contributed by atoms with Crippen molar-refractivity contribution in [3.63, 3.8) is 0 Å². The number of anilines is 3. The molecule has 55 heavy (non-hydrogen) atoms. The minimum atomic E-state index is 1.10. The Morgan fingerprint density at radius 1 is 0.218 bits per heavy atom. The summed E-state index contributed by atoms with van der Waals surface area (Å²) in [5, 5.41) is 7.48. The molecule has 10 rings (SSSR count). The highest BCUT2D eigenvalue weighted by Crippen LogP contribution is 2.43. The zero-order valence-corrected chi connectivity index (χ0v) is 30.3. The van der Waals surface area contributed by atoms with Gasteiger partial charge in [0.2, 0.25) is 0 Å². The van der Waals surface area contributed by atoms with Crippen molar-refractivity contribution in [3.8, 4) is 44.5 Å². The van der Waals surface area contributed by atoms with E-state index in [-0.39, 0.29) is 0 Å². The fraction of sp³-hybridized carbons (Fsp3) is 0. The van der Waals surface area contributed by atoms with E-state index in [0.717, 1.165) is 17.1 Å². The van der Waals surface area contributed by atoms with Gasteiger partial charge in [-0.2, -0.15) is 0 Å². The van der Waals surface area contributed by atoms with Crippen LogP contribution in [0.1, 0.15) is 0 Å². The van der Waals surface area contributed by atoms with Gasteiger partial charge in [-0.15, -0.1) is 0 Å². The molecule has 10 aromatic carbocycles. The first-order valence-corrected chi connectivity index (χ1v) is 18.9. The molecule has 0 aliphatic carbocycles. The molecule has 0 atom stereocenters. The third kappa shape index (κ3) is 6.22. The van der Waals surface area contributed by atoms with Crippen molar-refractivity contribution >= 4 is 49.4 Å². The van der Waals surface area contributed by atoms with E-state index >= 15 is 0 Å². The zero-order chi connectivity index (χ0) is 36.6. The lowest BCUT2D eigenvalue weighted by Gasteiger charge is -2.28. The molecule has 0 saturated heterocycles. The molecule has 1 nitrogen and oxygen atoms in total. The van der Waals surface area contributed by atoms with E-state index in [9.17, 15) is 0 Å². The molecule has 0 aliphatic heterocycles. The van der Waals surface area contributed by atoms with Gasteiger partial charge < -0.3 is 4.90 Å². The van der Waals surface area contributed by atoms with Crippen molar-refractivity contribution in [2.45, 2.75) is 0 Å². The predicted molar refractivity (Wildman–Crippen MR) is 235 cm³/mol. The minimum absolute atomic E-state index is 1.10. The number of nitrogens with zero attached hydrogens (tertiary/aromatic N) is 1. The quantitative estimate of drug-likeness (QED) is 0.150. The van der Waals surface area contributed by atoms with E-state index < -0.39 is 0 Å². The molecule has 0 radical (unpaired) electrons. The molecular weight excluding hydrogens is 663 g/mol. The molecule has 0 fully saturated rings. The Morgan fingerprint density at radius 2 is 0.709 bits per heavy atom. The second kappa shape index (κ2) is 14.0. The molecule has 0 unspecified atom stereocenters. The topological polar surface area (TPSA) is 3.24 Å². The summed E-state index contributed by atoms with van der Waals surface area (Å²) in [6, 6.07) is 81.6. The van der Waals surface area contributed by atoms with E-state index in [0.29, 0.717) is 0 Å². The van der Waals surface area contributed by atoms with Crippen LogP contribution in [0.3, 0.4) is 0 Å². The van der Waals surface area contributed by atoms with Gasteiger partial charge >= 0.3 is 0 Å². The molecule has 258 valence electrons. The van der Waals surface area contributed by atoms with E-state index in [4.69, 9.17) is 0 Å². The van der Waals surface area contributed by atoms with Crippen LogP contribution in [-0.4, -0.2) is 0 Å². The summed E-state index contributed by atoms with van der Waals surface area (Å²) in [5.41, 5.74) is 12.9. The highest BCUT2D eigenvalue weighted by Gasteiger charge is 2.18. The zero-order valence-electron chi connectivity index (χ0n) is 30.3. The highest BCUT2D eigenvalue weighted by molar-refractivity contribution is 6.09. The van der Waals surface area contributed by atoms with Crippen LogP contribution in [0.2, 0.25) is 0 Å². The normalized spacial score (nSPS) is 11.3. The molecule has 0 bridgehead atoms. The summed E-state index contributed by atoms with van der Waals surface area (Å²) < 4.78 is 0. The fourth-order valence-corrected chi connectivity index (χ4v) is 8.02.